The molecular weight excluding hydrogens is 348 g/mol. The number of thiophene rings is 1. The van der Waals surface area contributed by atoms with E-state index in [4.69, 9.17) is 0 Å². The lowest BCUT2D eigenvalue weighted by Crippen LogP contribution is -2.45. The number of nitrogens with zero attached hydrogens (tertiary/aromatic N) is 2. The van der Waals surface area contributed by atoms with Crippen LogP contribution in [-0.2, 0) is 4.79 Å². The van der Waals surface area contributed by atoms with Gasteiger partial charge in [0.2, 0.25) is 5.91 Å². The summed E-state index contributed by atoms with van der Waals surface area (Å²) >= 11 is 1.56. The number of aromatic nitrogens is 2. The summed E-state index contributed by atoms with van der Waals surface area (Å²) in [6.45, 7) is 4.01. The molecule has 2 N–H and O–H groups in total. The average molecular weight is 368 g/mol. The Morgan fingerprint density at radius 3 is 2.62 bits per heavy atom. The molecule has 7 heteroatoms. The minimum atomic E-state index is -0.633. The topological polar surface area (TPSA) is 76.0 Å². The van der Waals surface area contributed by atoms with Crippen LogP contribution in [0.15, 0.2) is 53.9 Å². The van der Waals surface area contributed by atoms with E-state index in [1.165, 1.54) is 0 Å². The molecule has 0 spiro atoms. The lowest BCUT2D eigenvalue weighted by atomic mass is 10.2. The van der Waals surface area contributed by atoms with E-state index in [9.17, 15) is 9.59 Å². The normalized spacial score (nSPS) is 11.8. The third kappa shape index (κ3) is 3.83. The molecule has 2 amide bonds. The van der Waals surface area contributed by atoms with Crippen molar-refractivity contribution in [3.8, 4) is 16.3 Å². The molecule has 2 heterocycles. The molecule has 26 heavy (non-hydrogen) atoms. The summed E-state index contributed by atoms with van der Waals surface area (Å²) in [6, 6.07) is 14.5. The van der Waals surface area contributed by atoms with E-state index < -0.39 is 6.04 Å². The number of likely N-dealkylation sites (N-methyl/N-ethyl adjacent to an activating group) is 1. The van der Waals surface area contributed by atoms with Crippen LogP contribution >= 0.6 is 11.3 Å². The molecule has 1 unspecified atom stereocenters. The first kappa shape index (κ1) is 17.9. The van der Waals surface area contributed by atoms with Gasteiger partial charge in [0.05, 0.1) is 10.6 Å². The van der Waals surface area contributed by atoms with Crippen molar-refractivity contribution in [1.29, 1.82) is 0 Å². The maximum Gasteiger partial charge on any atom is 0.270 e. The van der Waals surface area contributed by atoms with E-state index in [-0.39, 0.29) is 11.8 Å². The molecule has 0 saturated carbocycles. The fraction of sp³-hybridized carbons (Fsp3) is 0.211. The Labute approximate surface area is 155 Å². The van der Waals surface area contributed by atoms with Gasteiger partial charge in [-0.15, -0.1) is 11.3 Å². The average Bonchev–Trinajstić information content (AvgIpc) is 3.32. The molecule has 0 aliphatic heterocycles. The SMILES string of the molecule is CCNC(=O)C(C)NC(=O)c1cc(-c2cccs2)nn1-c1ccccc1. The number of para-hydroxylation sites is 1. The monoisotopic (exact) mass is 368 g/mol. The molecule has 134 valence electrons. The molecule has 0 radical (unpaired) electrons. The molecule has 0 saturated heterocycles. The van der Waals surface area contributed by atoms with Crippen LogP contribution in [0.2, 0.25) is 0 Å². The molecule has 3 rings (SSSR count). The second-order valence-corrected chi connectivity index (χ2v) is 6.68. The maximum atomic E-state index is 12.8. The lowest BCUT2D eigenvalue weighted by molar-refractivity contribution is -0.122. The molecule has 1 aromatic carbocycles. The second kappa shape index (κ2) is 7.97. The van der Waals surface area contributed by atoms with Crippen LogP contribution in [0, 0.1) is 0 Å². The zero-order valence-electron chi connectivity index (χ0n) is 14.6. The van der Waals surface area contributed by atoms with Crippen molar-refractivity contribution >= 4 is 23.2 Å². The van der Waals surface area contributed by atoms with Crippen molar-refractivity contribution in [1.82, 2.24) is 20.4 Å². The Kier molecular flexibility index (Phi) is 5.48. The number of carbonyl (C=O) groups is 2. The molecule has 1 atom stereocenters. The van der Waals surface area contributed by atoms with Gasteiger partial charge in [0.1, 0.15) is 17.4 Å². The van der Waals surface area contributed by atoms with Gasteiger partial charge in [-0.2, -0.15) is 5.10 Å². The predicted molar refractivity (Wildman–Crippen MR) is 102 cm³/mol. The molecular formula is C19H20N4O2S. The van der Waals surface area contributed by atoms with Gasteiger partial charge >= 0.3 is 0 Å². The number of carbonyl (C=O) groups excluding carboxylic acids is 2. The standard InChI is InChI=1S/C19H20N4O2S/c1-3-20-18(24)13(2)21-19(25)16-12-15(17-10-7-11-26-17)22-23(16)14-8-5-4-6-9-14/h4-13H,3H2,1-2H3,(H,20,24)(H,21,25). The fourth-order valence-corrected chi connectivity index (χ4v) is 3.20. The van der Waals surface area contributed by atoms with Crippen LogP contribution < -0.4 is 10.6 Å². The molecule has 0 fully saturated rings. The van der Waals surface area contributed by atoms with Crippen molar-refractivity contribution < 1.29 is 9.59 Å². The van der Waals surface area contributed by atoms with Gasteiger partial charge in [-0.1, -0.05) is 24.3 Å². The first-order valence-corrected chi connectivity index (χ1v) is 9.26. The number of nitrogens with one attached hydrogen (secondary N) is 2. The van der Waals surface area contributed by atoms with Gasteiger partial charge in [0.15, 0.2) is 0 Å². The molecule has 3 aromatic rings. The third-order valence-corrected chi connectivity index (χ3v) is 4.70. The van der Waals surface area contributed by atoms with E-state index in [1.54, 1.807) is 29.0 Å². The minimum absolute atomic E-state index is 0.217. The summed E-state index contributed by atoms with van der Waals surface area (Å²) < 4.78 is 1.61. The Morgan fingerprint density at radius 1 is 1.19 bits per heavy atom. The van der Waals surface area contributed by atoms with Crippen molar-refractivity contribution in [2.75, 3.05) is 6.54 Å². The van der Waals surface area contributed by atoms with Crippen LogP contribution in [0.3, 0.4) is 0 Å². The largest absolute Gasteiger partial charge is 0.355 e. The van der Waals surface area contributed by atoms with Gasteiger partial charge in [-0.25, -0.2) is 4.68 Å². The summed E-state index contributed by atoms with van der Waals surface area (Å²) in [5.74, 6) is -0.562. The van der Waals surface area contributed by atoms with E-state index in [1.807, 2.05) is 54.8 Å². The van der Waals surface area contributed by atoms with Crippen molar-refractivity contribution in [3.05, 3.63) is 59.6 Å². The molecule has 6 nitrogen and oxygen atoms in total. The van der Waals surface area contributed by atoms with Gasteiger partial charge in [-0.05, 0) is 43.5 Å². The molecule has 0 aliphatic carbocycles. The Balaban J connectivity index is 1.94. The van der Waals surface area contributed by atoms with E-state index in [2.05, 4.69) is 15.7 Å². The number of hydrogen-bond donors (Lipinski definition) is 2. The van der Waals surface area contributed by atoms with Crippen LogP contribution in [0.5, 0.6) is 0 Å². The summed E-state index contributed by atoms with van der Waals surface area (Å²) in [5, 5.41) is 12.0. The maximum absolute atomic E-state index is 12.8. The summed E-state index contributed by atoms with van der Waals surface area (Å²) in [7, 11) is 0. The number of rotatable bonds is 6. The van der Waals surface area contributed by atoms with E-state index in [0.29, 0.717) is 12.2 Å². The van der Waals surface area contributed by atoms with Crippen LogP contribution in [0.25, 0.3) is 16.3 Å². The highest BCUT2D eigenvalue weighted by atomic mass is 32.1. The van der Waals surface area contributed by atoms with Crippen molar-refractivity contribution in [2.24, 2.45) is 0 Å². The van der Waals surface area contributed by atoms with E-state index >= 15 is 0 Å². The van der Waals surface area contributed by atoms with Crippen LogP contribution in [-0.4, -0.2) is 34.2 Å². The zero-order chi connectivity index (χ0) is 18.5. The summed E-state index contributed by atoms with van der Waals surface area (Å²) in [5.41, 5.74) is 1.89. The highest BCUT2D eigenvalue weighted by Crippen LogP contribution is 2.25. The highest BCUT2D eigenvalue weighted by molar-refractivity contribution is 7.13. The van der Waals surface area contributed by atoms with E-state index in [0.717, 1.165) is 16.3 Å². The Morgan fingerprint density at radius 2 is 1.96 bits per heavy atom. The minimum Gasteiger partial charge on any atom is -0.355 e. The second-order valence-electron chi connectivity index (χ2n) is 5.73. The van der Waals surface area contributed by atoms with Gasteiger partial charge < -0.3 is 10.6 Å². The molecule has 2 aromatic heterocycles. The smallest absolute Gasteiger partial charge is 0.270 e. The van der Waals surface area contributed by atoms with Gasteiger partial charge in [-0.3, -0.25) is 9.59 Å². The number of hydrogen-bond acceptors (Lipinski definition) is 4. The number of amides is 2. The summed E-state index contributed by atoms with van der Waals surface area (Å²) in [6.07, 6.45) is 0. The molecule has 0 bridgehead atoms. The van der Waals surface area contributed by atoms with Crippen molar-refractivity contribution in [3.63, 3.8) is 0 Å². The van der Waals surface area contributed by atoms with Gasteiger partial charge in [0, 0.05) is 6.54 Å². The van der Waals surface area contributed by atoms with Gasteiger partial charge in [0.25, 0.3) is 5.91 Å². The first-order chi connectivity index (χ1) is 12.6. The fourth-order valence-electron chi connectivity index (χ4n) is 2.52. The van der Waals surface area contributed by atoms with Crippen LogP contribution in [0.1, 0.15) is 24.3 Å². The highest BCUT2D eigenvalue weighted by Gasteiger charge is 2.21. The quantitative estimate of drug-likeness (QED) is 0.702. The Hall–Kier alpha value is -2.93. The molecule has 0 aliphatic rings. The lowest BCUT2D eigenvalue weighted by Gasteiger charge is -2.14. The third-order valence-electron chi connectivity index (χ3n) is 3.81. The number of benzene rings is 1. The van der Waals surface area contributed by atoms with Crippen LogP contribution in [0.4, 0.5) is 0 Å². The first-order valence-electron chi connectivity index (χ1n) is 8.38. The predicted octanol–water partition coefficient (Wildman–Crippen LogP) is 2.86. The summed E-state index contributed by atoms with van der Waals surface area (Å²) in [4.78, 5) is 25.7. The zero-order valence-corrected chi connectivity index (χ0v) is 15.4. The van der Waals surface area contributed by atoms with Crippen molar-refractivity contribution in [2.45, 2.75) is 19.9 Å². The Bertz CT molecular complexity index is 888.